The molecule has 0 radical (unpaired) electrons. The molecule has 1 aromatic heterocycles. The lowest BCUT2D eigenvalue weighted by Crippen LogP contribution is -2.18. The van der Waals surface area contributed by atoms with E-state index >= 15 is 0 Å². The zero-order valence-electron chi connectivity index (χ0n) is 12.6. The van der Waals surface area contributed by atoms with E-state index in [9.17, 15) is 13.2 Å². The van der Waals surface area contributed by atoms with Crippen LogP contribution in [0.4, 0.5) is 30.5 Å². The summed E-state index contributed by atoms with van der Waals surface area (Å²) in [5.41, 5.74) is 14.7. The molecule has 0 bridgehead atoms. The molecule has 10 heteroatoms. The highest BCUT2D eigenvalue weighted by atomic mass is 19.4. The average molecular weight is 343 g/mol. The Balaban J connectivity index is 2.26. The van der Waals surface area contributed by atoms with Crippen molar-refractivity contribution in [2.45, 2.75) is 19.9 Å². The Kier molecular flexibility index (Phi) is 4.88. The molecule has 0 spiro atoms. The first-order chi connectivity index (χ1) is 11.2. The minimum absolute atomic E-state index is 0.0812. The molecule has 2 aromatic rings. The number of hydrogen-bond acceptors (Lipinski definition) is 7. The van der Waals surface area contributed by atoms with E-state index in [-0.39, 0.29) is 41.0 Å². The molecule has 7 nitrogen and oxygen atoms in total. The normalized spacial score (nSPS) is 11.2. The van der Waals surface area contributed by atoms with Crippen LogP contribution in [0.1, 0.15) is 11.1 Å². The summed E-state index contributed by atoms with van der Waals surface area (Å²) in [5.74, 6) is 5.22. The van der Waals surface area contributed by atoms with Crippen molar-refractivity contribution in [1.82, 2.24) is 4.98 Å². The Labute approximate surface area is 135 Å². The number of aromatic nitrogens is 1. The summed E-state index contributed by atoms with van der Waals surface area (Å²) in [5, 5.41) is 0. The van der Waals surface area contributed by atoms with E-state index in [2.05, 4.69) is 15.1 Å². The van der Waals surface area contributed by atoms with Crippen LogP contribution in [0, 0.1) is 6.92 Å². The molecule has 0 saturated heterocycles. The molecule has 0 fully saturated rings. The number of benzene rings is 1. The second-order valence-corrected chi connectivity index (χ2v) is 4.90. The lowest BCUT2D eigenvalue weighted by atomic mass is 10.1. The summed E-state index contributed by atoms with van der Waals surface area (Å²) in [4.78, 5) is 3.85. The van der Waals surface area contributed by atoms with Crippen molar-refractivity contribution in [2.75, 3.05) is 16.9 Å². The van der Waals surface area contributed by atoms with E-state index in [1.54, 1.807) is 6.92 Å². The highest BCUT2D eigenvalue weighted by Gasteiger charge is 2.32. The molecular formula is C14H16F3N5O2. The van der Waals surface area contributed by atoms with Crippen LogP contribution < -0.4 is 32.2 Å². The molecule has 0 unspecified atom stereocenters. The second kappa shape index (κ2) is 6.71. The molecule has 24 heavy (non-hydrogen) atoms. The maximum atomic E-state index is 12.5. The number of nitrogens with one attached hydrogen (secondary N) is 1. The van der Waals surface area contributed by atoms with Gasteiger partial charge in [-0.25, -0.2) is 10.8 Å². The standard InChI is InChI=1S/C14H16F3N5O2/c1-7-2-3-9(24-14(15,16)17)8(4-7)6-23-10-5-11(18)21-13(22-20)12(10)19/h2-5H,6,19-20H2,1H3,(H3,18,21,22). The maximum Gasteiger partial charge on any atom is 0.573 e. The summed E-state index contributed by atoms with van der Waals surface area (Å²) in [6, 6.07) is 5.58. The van der Waals surface area contributed by atoms with Gasteiger partial charge in [-0.05, 0) is 19.1 Å². The van der Waals surface area contributed by atoms with Gasteiger partial charge in [0.25, 0.3) is 0 Å². The van der Waals surface area contributed by atoms with Crippen LogP contribution in [-0.2, 0) is 6.61 Å². The van der Waals surface area contributed by atoms with Crippen LogP contribution in [0.5, 0.6) is 11.5 Å². The van der Waals surface area contributed by atoms with Gasteiger partial charge in [-0.2, -0.15) is 0 Å². The van der Waals surface area contributed by atoms with E-state index < -0.39 is 6.36 Å². The number of nitrogens with two attached hydrogens (primary N) is 3. The number of halogens is 3. The van der Waals surface area contributed by atoms with Gasteiger partial charge >= 0.3 is 6.36 Å². The number of alkyl halides is 3. The number of hydrogen-bond donors (Lipinski definition) is 4. The zero-order chi connectivity index (χ0) is 17.9. The summed E-state index contributed by atoms with van der Waals surface area (Å²) >= 11 is 0. The lowest BCUT2D eigenvalue weighted by Gasteiger charge is -2.16. The van der Waals surface area contributed by atoms with Crippen LogP contribution in [0.25, 0.3) is 0 Å². The van der Waals surface area contributed by atoms with Crippen LogP contribution in [0.2, 0.25) is 0 Å². The largest absolute Gasteiger partial charge is 0.573 e. The molecular weight excluding hydrogens is 327 g/mol. The van der Waals surface area contributed by atoms with Gasteiger partial charge in [0.1, 0.15) is 29.6 Å². The van der Waals surface area contributed by atoms with Gasteiger partial charge in [0.2, 0.25) is 0 Å². The second-order valence-electron chi connectivity index (χ2n) is 4.90. The predicted octanol–water partition coefficient (Wildman–Crippen LogP) is 2.32. The third-order valence-electron chi connectivity index (χ3n) is 3.00. The van der Waals surface area contributed by atoms with Gasteiger partial charge in [0.15, 0.2) is 5.82 Å². The lowest BCUT2D eigenvalue weighted by molar-refractivity contribution is -0.275. The molecule has 0 aliphatic carbocycles. The van der Waals surface area contributed by atoms with Gasteiger partial charge in [0.05, 0.1) is 0 Å². The van der Waals surface area contributed by atoms with Crippen molar-refractivity contribution in [3.63, 3.8) is 0 Å². The molecule has 0 aliphatic rings. The third kappa shape index (κ3) is 4.32. The smallest absolute Gasteiger partial charge is 0.486 e. The summed E-state index contributed by atoms with van der Waals surface area (Å²) in [6.45, 7) is 1.51. The van der Waals surface area contributed by atoms with Crippen LogP contribution in [0.3, 0.4) is 0 Å². The zero-order valence-corrected chi connectivity index (χ0v) is 12.6. The SMILES string of the molecule is Cc1ccc(OC(F)(F)F)c(COc2cc(N)nc(NN)c2N)c1. The average Bonchev–Trinajstić information content (AvgIpc) is 2.48. The number of anilines is 3. The molecule has 7 N–H and O–H groups in total. The first-order valence-electron chi connectivity index (χ1n) is 6.70. The summed E-state index contributed by atoms with van der Waals surface area (Å²) in [7, 11) is 0. The number of rotatable bonds is 5. The first-order valence-corrected chi connectivity index (χ1v) is 6.70. The fourth-order valence-corrected chi connectivity index (χ4v) is 1.98. The van der Waals surface area contributed by atoms with E-state index in [1.165, 1.54) is 24.3 Å². The summed E-state index contributed by atoms with van der Waals surface area (Å²) in [6.07, 6.45) is -4.80. The molecule has 0 atom stereocenters. The molecule has 1 aromatic carbocycles. The van der Waals surface area contributed by atoms with Gasteiger partial charge in [0, 0.05) is 11.6 Å². The molecule has 130 valence electrons. The van der Waals surface area contributed by atoms with Crippen molar-refractivity contribution in [2.24, 2.45) is 5.84 Å². The Morgan fingerprint density at radius 1 is 1.17 bits per heavy atom. The fraction of sp³-hybridized carbons (Fsp3) is 0.214. The van der Waals surface area contributed by atoms with Gasteiger partial charge in [-0.3, -0.25) is 0 Å². The highest BCUT2D eigenvalue weighted by molar-refractivity contribution is 5.71. The number of aryl methyl sites for hydroxylation is 1. The maximum absolute atomic E-state index is 12.5. The van der Waals surface area contributed by atoms with E-state index in [1.807, 2.05) is 0 Å². The number of nitrogens with zero attached hydrogens (tertiary/aromatic N) is 1. The summed E-state index contributed by atoms with van der Waals surface area (Å²) < 4.78 is 46.9. The highest BCUT2D eigenvalue weighted by Crippen LogP contribution is 2.32. The van der Waals surface area contributed by atoms with Crippen molar-refractivity contribution in [3.8, 4) is 11.5 Å². The van der Waals surface area contributed by atoms with Crippen molar-refractivity contribution >= 4 is 17.3 Å². The van der Waals surface area contributed by atoms with Gasteiger partial charge in [-0.1, -0.05) is 11.6 Å². The number of pyridine rings is 1. The van der Waals surface area contributed by atoms with E-state index in [0.29, 0.717) is 0 Å². The Morgan fingerprint density at radius 2 is 1.88 bits per heavy atom. The predicted molar refractivity (Wildman–Crippen MR) is 83.1 cm³/mol. The molecule has 0 aliphatic heterocycles. The molecule has 0 saturated carbocycles. The van der Waals surface area contributed by atoms with Crippen molar-refractivity contribution < 1.29 is 22.6 Å². The molecule has 1 heterocycles. The Hall–Kier alpha value is -2.88. The number of ether oxygens (including phenoxy) is 2. The van der Waals surface area contributed by atoms with Crippen LogP contribution in [0.15, 0.2) is 24.3 Å². The monoisotopic (exact) mass is 343 g/mol. The molecule has 0 amide bonds. The van der Waals surface area contributed by atoms with Crippen LogP contribution >= 0.6 is 0 Å². The van der Waals surface area contributed by atoms with E-state index in [4.69, 9.17) is 22.0 Å². The fourth-order valence-electron chi connectivity index (χ4n) is 1.98. The number of hydrazine groups is 1. The van der Waals surface area contributed by atoms with Crippen molar-refractivity contribution in [1.29, 1.82) is 0 Å². The Morgan fingerprint density at radius 3 is 2.50 bits per heavy atom. The van der Waals surface area contributed by atoms with Crippen LogP contribution in [-0.4, -0.2) is 11.3 Å². The van der Waals surface area contributed by atoms with E-state index in [0.717, 1.165) is 5.56 Å². The topological polar surface area (TPSA) is 121 Å². The van der Waals surface area contributed by atoms with Gasteiger partial charge in [-0.15, -0.1) is 13.2 Å². The Bertz CT molecular complexity index is 737. The third-order valence-corrected chi connectivity index (χ3v) is 3.00. The van der Waals surface area contributed by atoms with Gasteiger partial charge < -0.3 is 26.4 Å². The number of nitrogen functional groups attached to an aromatic ring is 3. The quantitative estimate of drug-likeness (QED) is 0.485. The van der Waals surface area contributed by atoms with Crippen molar-refractivity contribution in [3.05, 3.63) is 35.4 Å². The first kappa shape index (κ1) is 17.5. The minimum Gasteiger partial charge on any atom is -0.486 e. The minimum atomic E-state index is -4.80. The molecule has 2 rings (SSSR count).